The number of nitrogens with zero attached hydrogens (tertiary/aromatic N) is 6. The number of hydrogen-bond donors (Lipinski definition) is 2. The Morgan fingerprint density at radius 1 is 1.15 bits per heavy atom. The molecular weight excluding hydrogens is 548 g/mol. The number of nitrogens with one attached hydrogen (secondary N) is 2. The van der Waals surface area contributed by atoms with E-state index in [1.54, 1.807) is 36.0 Å². The number of nitriles is 1. The number of ether oxygens (including phenoxy) is 1. The lowest BCUT2D eigenvalue weighted by molar-refractivity contribution is 0.0958. The zero-order valence-corrected chi connectivity index (χ0v) is 24.1. The van der Waals surface area contributed by atoms with Gasteiger partial charge in [-0.1, -0.05) is 43.6 Å². The zero-order chi connectivity index (χ0) is 28.9. The average molecular weight is 577 g/mol. The zero-order valence-electron chi connectivity index (χ0n) is 22.6. The van der Waals surface area contributed by atoms with Crippen molar-refractivity contribution in [3.63, 3.8) is 0 Å². The summed E-state index contributed by atoms with van der Waals surface area (Å²) in [6.45, 7) is 4.41. The van der Waals surface area contributed by atoms with Crippen LogP contribution in [0.4, 0.5) is 17.6 Å². The van der Waals surface area contributed by atoms with Crippen molar-refractivity contribution in [2.75, 3.05) is 18.6 Å². The minimum Gasteiger partial charge on any atom is -0.457 e. The highest BCUT2D eigenvalue weighted by atomic mass is 35.5. The van der Waals surface area contributed by atoms with Gasteiger partial charge in [0.1, 0.15) is 17.2 Å². The number of thioether (sulfide) groups is 1. The van der Waals surface area contributed by atoms with Crippen molar-refractivity contribution < 1.29 is 9.53 Å². The van der Waals surface area contributed by atoms with Crippen LogP contribution in [0.15, 0.2) is 71.9 Å². The van der Waals surface area contributed by atoms with E-state index in [0.717, 1.165) is 5.56 Å². The molecule has 0 aliphatic heterocycles. The molecule has 2 aromatic carbocycles. The quantitative estimate of drug-likeness (QED) is 0.168. The number of rotatable bonds is 9. The number of anilines is 2. The van der Waals surface area contributed by atoms with Crippen molar-refractivity contribution in [3.05, 3.63) is 83.1 Å². The highest BCUT2D eigenvalue weighted by Gasteiger charge is 2.13. The molecule has 40 heavy (non-hydrogen) atoms. The molecule has 4 rings (SSSR count). The normalized spacial score (nSPS) is 10.7. The topological polar surface area (TPSA) is 130 Å². The van der Waals surface area contributed by atoms with Crippen molar-refractivity contribution >= 4 is 51.9 Å². The molecule has 0 bridgehead atoms. The standard InChI is InChI=1S/C26H23ClN8O2S.C2H6/c1-29-24(36)22-15-21(11-13-30-22)37-20-5-3-4-19(14-20)31-25-33-26(32-23(38-2)10-12-28)35(34-25)16-17-6-8-18(27)9-7-17;1-2/h3-9,11,13-15H,10,16H2,1-2H3,(H,29,36)(H,31,34);1-2H3/b32-23+;. The van der Waals surface area contributed by atoms with Crippen molar-refractivity contribution in [1.82, 2.24) is 25.1 Å². The molecule has 10 nitrogen and oxygen atoms in total. The lowest BCUT2D eigenvalue weighted by Crippen LogP contribution is -2.18. The molecule has 0 radical (unpaired) electrons. The van der Waals surface area contributed by atoms with Crippen molar-refractivity contribution in [1.29, 1.82) is 5.26 Å². The van der Waals surface area contributed by atoms with Crippen LogP contribution in [0.1, 0.15) is 36.3 Å². The first-order valence-electron chi connectivity index (χ1n) is 12.4. The van der Waals surface area contributed by atoms with Gasteiger partial charge in [-0.2, -0.15) is 10.2 Å². The molecule has 2 heterocycles. The molecule has 2 N–H and O–H groups in total. The molecule has 4 aromatic rings. The lowest BCUT2D eigenvalue weighted by atomic mass is 10.2. The Morgan fingerprint density at radius 2 is 1.90 bits per heavy atom. The van der Waals surface area contributed by atoms with E-state index in [4.69, 9.17) is 21.6 Å². The Hall–Kier alpha value is -4.40. The second kappa shape index (κ2) is 15.3. The third kappa shape index (κ3) is 8.56. The minimum absolute atomic E-state index is 0.174. The number of aromatic nitrogens is 4. The number of aliphatic imine (C=N–C) groups is 1. The predicted molar refractivity (Wildman–Crippen MR) is 160 cm³/mol. The molecule has 0 atom stereocenters. The second-order valence-electron chi connectivity index (χ2n) is 7.77. The SMILES string of the molecule is CC.CNC(=O)c1cc(Oc2cccc(Nc3nc(/N=C(\CC#N)SC)n(Cc4ccc(Cl)cc4)n3)c2)ccn1. The fraction of sp³-hybridized carbons (Fsp3) is 0.214. The summed E-state index contributed by atoms with van der Waals surface area (Å²) in [4.78, 5) is 25.0. The van der Waals surface area contributed by atoms with Crippen LogP contribution in [0.25, 0.3) is 0 Å². The Kier molecular flexibility index (Phi) is 11.5. The number of carbonyl (C=O) groups excluding carboxylic acids is 1. The van der Waals surface area contributed by atoms with Gasteiger partial charge < -0.3 is 15.4 Å². The molecule has 206 valence electrons. The largest absolute Gasteiger partial charge is 0.457 e. The van der Waals surface area contributed by atoms with Crippen molar-refractivity contribution in [2.45, 2.75) is 26.8 Å². The van der Waals surface area contributed by atoms with Crippen molar-refractivity contribution in [2.24, 2.45) is 4.99 Å². The molecule has 12 heteroatoms. The van der Waals surface area contributed by atoms with E-state index < -0.39 is 0 Å². The lowest BCUT2D eigenvalue weighted by Gasteiger charge is -2.09. The summed E-state index contributed by atoms with van der Waals surface area (Å²) in [5.41, 5.74) is 1.91. The van der Waals surface area contributed by atoms with E-state index in [1.165, 1.54) is 18.0 Å². The third-order valence-electron chi connectivity index (χ3n) is 5.11. The van der Waals surface area contributed by atoms with Crippen molar-refractivity contribution in [3.8, 4) is 17.6 Å². The number of hydrogen-bond acceptors (Lipinski definition) is 9. The number of halogens is 1. The highest BCUT2D eigenvalue weighted by molar-refractivity contribution is 8.13. The fourth-order valence-electron chi connectivity index (χ4n) is 3.30. The van der Waals surface area contributed by atoms with Gasteiger partial charge >= 0.3 is 0 Å². The van der Waals surface area contributed by atoms with Gasteiger partial charge in [-0.3, -0.25) is 9.78 Å². The minimum atomic E-state index is -0.302. The maximum absolute atomic E-state index is 11.9. The van der Waals surface area contributed by atoms with Gasteiger partial charge in [0.05, 0.1) is 24.1 Å². The van der Waals surface area contributed by atoms with Crippen LogP contribution in [0.5, 0.6) is 11.5 Å². The summed E-state index contributed by atoms with van der Waals surface area (Å²) in [6, 6.07) is 20.0. The number of benzene rings is 2. The molecule has 0 fully saturated rings. The van der Waals surface area contributed by atoms with Gasteiger partial charge in [-0.15, -0.1) is 16.9 Å². The van der Waals surface area contributed by atoms with Gasteiger partial charge in [0, 0.05) is 36.1 Å². The van der Waals surface area contributed by atoms with Gasteiger partial charge in [-0.25, -0.2) is 9.67 Å². The van der Waals surface area contributed by atoms with Crippen LogP contribution in [-0.2, 0) is 6.54 Å². The molecule has 1 amide bonds. The van der Waals surface area contributed by atoms with E-state index in [0.29, 0.717) is 45.7 Å². The molecule has 0 unspecified atom stereocenters. The maximum Gasteiger partial charge on any atom is 0.269 e. The summed E-state index contributed by atoms with van der Waals surface area (Å²) < 4.78 is 7.60. The predicted octanol–water partition coefficient (Wildman–Crippen LogP) is 6.60. The number of carbonyl (C=O) groups is 1. The molecular formula is C28H29ClN8O2S. The molecule has 0 spiro atoms. The van der Waals surface area contributed by atoms with Gasteiger partial charge in [0.15, 0.2) is 0 Å². The van der Waals surface area contributed by atoms with Crippen LogP contribution in [0, 0.1) is 11.3 Å². The van der Waals surface area contributed by atoms with Crippen LogP contribution < -0.4 is 15.4 Å². The Balaban J connectivity index is 0.00000216. The first-order chi connectivity index (χ1) is 19.5. The van der Waals surface area contributed by atoms with Crippen LogP contribution in [0.2, 0.25) is 5.02 Å². The van der Waals surface area contributed by atoms with Crippen LogP contribution in [-0.4, -0.2) is 44.0 Å². The first kappa shape index (κ1) is 30.1. The monoisotopic (exact) mass is 576 g/mol. The van der Waals surface area contributed by atoms with E-state index in [9.17, 15) is 4.79 Å². The smallest absolute Gasteiger partial charge is 0.269 e. The van der Waals surface area contributed by atoms with E-state index >= 15 is 0 Å². The molecule has 0 aliphatic rings. The Morgan fingerprint density at radius 3 is 2.60 bits per heavy atom. The van der Waals surface area contributed by atoms with Crippen LogP contribution >= 0.6 is 23.4 Å². The highest BCUT2D eigenvalue weighted by Crippen LogP contribution is 2.27. The summed E-state index contributed by atoms with van der Waals surface area (Å²) in [5.74, 6) is 1.41. The van der Waals surface area contributed by atoms with Gasteiger partial charge in [-0.05, 0) is 42.2 Å². The van der Waals surface area contributed by atoms with E-state index in [2.05, 4.69) is 36.8 Å². The first-order valence-corrected chi connectivity index (χ1v) is 14.0. The maximum atomic E-state index is 11.9. The molecule has 2 aromatic heterocycles. The summed E-state index contributed by atoms with van der Waals surface area (Å²) >= 11 is 7.41. The van der Waals surface area contributed by atoms with Gasteiger partial charge in [0.25, 0.3) is 11.9 Å². The third-order valence-corrected chi connectivity index (χ3v) is 6.06. The average Bonchev–Trinajstić information content (AvgIpc) is 3.34. The number of amides is 1. The fourth-order valence-corrected chi connectivity index (χ4v) is 3.81. The molecule has 0 saturated carbocycles. The Labute approximate surface area is 242 Å². The summed E-state index contributed by atoms with van der Waals surface area (Å²) in [6.07, 6.45) is 3.55. The summed E-state index contributed by atoms with van der Waals surface area (Å²) in [5, 5.41) is 20.7. The Bertz CT molecular complexity index is 1500. The molecule has 0 aliphatic carbocycles. The second-order valence-corrected chi connectivity index (χ2v) is 9.09. The van der Waals surface area contributed by atoms with Crippen LogP contribution in [0.3, 0.4) is 0 Å². The van der Waals surface area contributed by atoms with E-state index in [1.807, 2.05) is 56.5 Å². The molecule has 0 saturated heterocycles. The summed E-state index contributed by atoms with van der Waals surface area (Å²) in [7, 11) is 1.54. The van der Waals surface area contributed by atoms with E-state index in [-0.39, 0.29) is 18.0 Å². The number of pyridine rings is 1. The van der Waals surface area contributed by atoms with Gasteiger partial charge in [0.2, 0.25) is 5.95 Å².